The SMILES string of the molecule is CCCCCCCCC(CCCCCCCC)OC(=O)CCCCCCCC(=O)OC(Cl)(Cl)Cl. The molecule has 0 spiro atoms. The zero-order chi connectivity index (χ0) is 25.5. The normalized spacial score (nSPS) is 11.7. The van der Waals surface area contributed by atoms with E-state index >= 15 is 0 Å². The Labute approximate surface area is 224 Å². The van der Waals surface area contributed by atoms with Crippen LogP contribution in [0.25, 0.3) is 0 Å². The van der Waals surface area contributed by atoms with E-state index in [1.54, 1.807) is 0 Å². The maximum absolute atomic E-state index is 12.4. The van der Waals surface area contributed by atoms with Gasteiger partial charge < -0.3 is 9.47 Å². The first-order valence-electron chi connectivity index (χ1n) is 13.8. The van der Waals surface area contributed by atoms with E-state index in [0.29, 0.717) is 12.8 Å². The number of carbonyl (C=O) groups is 2. The molecule has 0 heterocycles. The van der Waals surface area contributed by atoms with Crippen molar-refractivity contribution in [1.29, 1.82) is 0 Å². The highest BCUT2D eigenvalue weighted by molar-refractivity contribution is 6.66. The zero-order valence-corrected chi connectivity index (χ0v) is 24.0. The Bertz CT molecular complexity index is 479. The fourth-order valence-corrected chi connectivity index (χ4v) is 4.32. The lowest BCUT2D eigenvalue weighted by Crippen LogP contribution is -2.18. The van der Waals surface area contributed by atoms with Crippen molar-refractivity contribution in [2.75, 3.05) is 0 Å². The molecule has 0 saturated carbocycles. The van der Waals surface area contributed by atoms with E-state index in [1.807, 2.05) is 0 Å². The maximum atomic E-state index is 12.4. The first kappa shape index (κ1) is 33.8. The van der Waals surface area contributed by atoms with Gasteiger partial charge in [-0.1, -0.05) is 97.3 Å². The average molecular weight is 544 g/mol. The van der Waals surface area contributed by atoms with Crippen LogP contribution in [0.3, 0.4) is 0 Å². The van der Waals surface area contributed by atoms with Crippen molar-refractivity contribution in [3.63, 3.8) is 0 Å². The quantitative estimate of drug-likeness (QED) is 0.0730. The Morgan fingerprint density at radius 1 is 0.588 bits per heavy atom. The second-order valence-corrected chi connectivity index (χ2v) is 11.6. The number of esters is 2. The molecule has 0 bridgehead atoms. The summed E-state index contributed by atoms with van der Waals surface area (Å²) in [4.78, 5) is 23.9. The Morgan fingerprint density at radius 3 is 1.41 bits per heavy atom. The minimum atomic E-state index is -1.99. The van der Waals surface area contributed by atoms with Gasteiger partial charge in [0, 0.05) is 12.8 Å². The van der Waals surface area contributed by atoms with E-state index in [0.717, 1.165) is 51.4 Å². The molecule has 7 heteroatoms. The number of carbonyl (C=O) groups excluding carboxylic acids is 2. The minimum Gasteiger partial charge on any atom is -0.462 e. The van der Waals surface area contributed by atoms with Crippen LogP contribution in [0.4, 0.5) is 0 Å². The van der Waals surface area contributed by atoms with Gasteiger partial charge in [0.05, 0.1) is 0 Å². The van der Waals surface area contributed by atoms with Crippen LogP contribution in [0.2, 0.25) is 0 Å². The molecule has 0 saturated heterocycles. The lowest BCUT2D eigenvalue weighted by Gasteiger charge is -2.18. The van der Waals surface area contributed by atoms with Crippen molar-refractivity contribution in [1.82, 2.24) is 0 Å². The zero-order valence-electron chi connectivity index (χ0n) is 21.7. The van der Waals surface area contributed by atoms with Gasteiger partial charge in [0.25, 0.3) is 0 Å². The third kappa shape index (κ3) is 24.9. The van der Waals surface area contributed by atoms with E-state index in [1.165, 1.54) is 64.2 Å². The number of hydrogen-bond donors (Lipinski definition) is 0. The van der Waals surface area contributed by atoms with Gasteiger partial charge in [-0.05, 0) is 73.3 Å². The van der Waals surface area contributed by atoms with Crippen LogP contribution in [0.15, 0.2) is 0 Å². The van der Waals surface area contributed by atoms with E-state index in [4.69, 9.17) is 39.5 Å². The third-order valence-corrected chi connectivity index (χ3v) is 6.28. The molecule has 0 rings (SSSR count). The first-order chi connectivity index (χ1) is 16.3. The third-order valence-electron chi connectivity index (χ3n) is 6.05. The van der Waals surface area contributed by atoms with Crippen molar-refractivity contribution < 1.29 is 19.1 Å². The molecule has 0 atom stereocenters. The standard InChI is InChI=1S/C27H49Cl3O4/c1-3-5-7-9-12-16-20-24(21-17-13-10-8-6-4-2)33-25(31)22-18-14-11-15-19-23-26(32)34-27(28,29)30/h24H,3-23H2,1-2H3. The molecular weight excluding hydrogens is 495 g/mol. The number of halogens is 3. The van der Waals surface area contributed by atoms with Crippen molar-refractivity contribution in [3.8, 4) is 0 Å². The number of alkyl halides is 3. The summed E-state index contributed by atoms with van der Waals surface area (Å²) in [6, 6.07) is 0. The van der Waals surface area contributed by atoms with Crippen LogP contribution in [0.5, 0.6) is 0 Å². The molecule has 0 radical (unpaired) electrons. The van der Waals surface area contributed by atoms with Crippen molar-refractivity contribution in [2.45, 2.75) is 159 Å². The molecule has 0 aliphatic carbocycles. The van der Waals surface area contributed by atoms with Crippen LogP contribution in [0, 0.1) is 0 Å². The molecule has 0 aliphatic rings. The summed E-state index contributed by atoms with van der Waals surface area (Å²) in [6.07, 6.45) is 22.2. The van der Waals surface area contributed by atoms with Crippen molar-refractivity contribution >= 4 is 46.7 Å². The van der Waals surface area contributed by atoms with Gasteiger partial charge >= 0.3 is 15.9 Å². The largest absolute Gasteiger partial charge is 0.462 e. The molecule has 0 aromatic rings. The molecule has 202 valence electrons. The van der Waals surface area contributed by atoms with Crippen LogP contribution in [-0.2, 0) is 19.1 Å². The monoisotopic (exact) mass is 542 g/mol. The van der Waals surface area contributed by atoms with E-state index in [9.17, 15) is 9.59 Å². The summed E-state index contributed by atoms with van der Waals surface area (Å²) >= 11 is 16.3. The Morgan fingerprint density at radius 2 is 0.971 bits per heavy atom. The molecule has 0 amide bonds. The van der Waals surface area contributed by atoms with E-state index in [-0.39, 0.29) is 18.5 Å². The van der Waals surface area contributed by atoms with Gasteiger partial charge in [-0.15, -0.1) is 0 Å². The van der Waals surface area contributed by atoms with Crippen LogP contribution >= 0.6 is 34.8 Å². The van der Waals surface area contributed by atoms with Crippen molar-refractivity contribution in [3.05, 3.63) is 0 Å². The van der Waals surface area contributed by atoms with Crippen molar-refractivity contribution in [2.24, 2.45) is 0 Å². The predicted octanol–water partition coefficient (Wildman–Crippen LogP) is 10.0. The molecule has 0 N–H and O–H groups in total. The lowest BCUT2D eigenvalue weighted by atomic mass is 10.0. The molecular formula is C27H49Cl3O4. The smallest absolute Gasteiger partial charge is 0.340 e. The average Bonchev–Trinajstić information content (AvgIpc) is 2.76. The number of ether oxygens (including phenoxy) is 2. The summed E-state index contributed by atoms with van der Waals surface area (Å²) in [5, 5.41) is 0. The predicted molar refractivity (Wildman–Crippen MR) is 145 cm³/mol. The van der Waals surface area contributed by atoms with E-state index < -0.39 is 9.95 Å². The topological polar surface area (TPSA) is 52.6 Å². The highest BCUT2D eigenvalue weighted by Gasteiger charge is 2.24. The molecule has 0 aromatic carbocycles. The summed E-state index contributed by atoms with van der Waals surface area (Å²) in [7, 11) is 0. The Balaban J connectivity index is 4.03. The van der Waals surface area contributed by atoms with Gasteiger partial charge in [-0.25, -0.2) is 0 Å². The maximum Gasteiger partial charge on any atom is 0.340 e. The number of rotatable bonds is 23. The van der Waals surface area contributed by atoms with Gasteiger partial charge in [0.2, 0.25) is 0 Å². The Hall–Kier alpha value is -0.190. The lowest BCUT2D eigenvalue weighted by molar-refractivity contribution is -0.150. The van der Waals surface area contributed by atoms with Crippen LogP contribution < -0.4 is 0 Å². The first-order valence-corrected chi connectivity index (χ1v) is 14.9. The highest BCUT2D eigenvalue weighted by atomic mass is 35.6. The molecule has 0 fully saturated rings. The molecule has 34 heavy (non-hydrogen) atoms. The molecule has 0 aliphatic heterocycles. The summed E-state index contributed by atoms with van der Waals surface area (Å²) in [5.74, 6) is -0.571. The minimum absolute atomic E-state index is 0.0618. The molecule has 0 aromatic heterocycles. The summed E-state index contributed by atoms with van der Waals surface area (Å²) in [5.41, 5.74) is 0. The fourth-order valence-electron chi connectivity index (χ4n) is 4.06. The van der Waals surface area contributed by atoms with Gasteiger partial charge in [-0.2, -0.15) is 0 Å². The second kappa shape index (κ2) is 23.2. The van der Waals surface area contributed by atoms with Gasteiger partial charge in [0.1, 0.15) is 6.10 Å². The number of unbranched alkanes of at least 4 members (excludes halogenated alkanes) is 14. The Kier molecular flexibility index (Phi) is 23.1. The number of hydrogen-bond acceptors (Lipinski definition) is 4. The van der Waals surface area contributed by atoms with Crippen LogP contribution in [0.1, 0.15) is 149 Å². The highest BCUT2D eigenvalue weighted by Crippen LogP contribution is 2.28. The van der Waals surface area contributed by atoms with Gasteiger partial charge in [0.15, 0.2) is 0 Å². The van der Waals surface area contributed by atoms with Gasteiger partial charge in [-0.3, -0.25) is 9.59 Å². The summed E-state index contributed by atoms with van der Waals surface area (Å²) in [6.45, 7) is 4.47. The fraction of sp³-hybridized carbons (Fsp3) is 0.926. The van der Waals surface area contributed by atoms with E-state index in [2.05, 4.69) is 18.6 Å². The summed E-state index contributed by atoms with van der Waals surface area (Å²) < 4.78 is 8.52. The molecule has 4 nitrogen and oxygen atoms in total. The van der Waals surface area contributed by atoms with Crippen LogP contribution in [-0.4, -0.2) is 22.0 Å². The second-order valence-electron chi connectivity index (χ2n) is 9.41. The molecule has 0 unspecified atom stereocenters.